The summed E-state index contributed by atoms with van der Waals surface area (Å²) in [4.78, 5) is 6.87. The van der Waals surface area contributed by atoms with Gasteiger partial charge in [-0.25, -0.2) is 4.98 Å². The lowest BCUT2D eigenvalue weighted by molar-refractivity contribution is 0.122. The van der Waals surface area contributed by atoms with Crippen molar-refractivity contribution in [3.05, 3.63) is 52.8 Å². The Morgan fingerprint density at radius 3 is 2.72 bits per heavy atom. The highest BCUT2D eigenvalue weighted by Crippen LogP contribution is 2.30. The maximum atomic E-state index is 9.33. The number of fused-ring (bicyclic) bond motifs is 1. The van der Waals surface area contributed by atoms with Crippen molar-refractivity contribution in [1.82, 2.24) is 15.2 Å². The molecule has 3 aromatic rings. The zero-order chi connectivity index (χ0) is 20.4. The number of nitriles is 1. The number of rotatable bonds is 4. The Hall–Kier alpha value is -3.24. The third-order valence-electron chi connectivity index (χ3n) is 5.49. The molecular weight excluding hydrogens is 364 g/mol. The normalized spacial score (nSPS) is 15.2. The van der Waals surface area contributed by atoms with Crippen molar-refractivity contribution in [2.45, 2.75) is 26.8 Å². The van der Waals surface area contributed by atoms with E-state index < -0.39 is 0 Å². The van der Waals surface area contributed by atoms with Gasteiger partial charge < -0.3 is 15.0 Å². The lowest BCUT2D eigenvalue weighted by atomic mass is 9.98. The zero-order valence-electron chi connectivity index (χ0n) is 16.9. The van der Waals surface area contributed by atoms with Crippen molar-refractivity contribution in [2.24, 2.45) is 0 Å². The molecule has 1 saturated heterocycles. The number of anilines is 2. The summed E-state index contributed by atoms with van der Waals surface area (Å²) in [6.07, 6.45) is 1.88. The summed E-state index contributed by atoms with van der Waals surface area (Å²) < 4.78 is 5.46. The number of hydrogen-bond donors (Lipinski definition) is 1. The number of morpholine rings is 1. The van der Waals surface area contributed by atoms with E-state index in [1.165, 1.54) is 0 Å². The van der Waals surface area contributed by atoms with Gasteiger partial charge in [0.05, 0.1) is 36.6 Å². The molecule has 0 amide bonds. The van der Waals surface area contributed by atoms with Crippen molar-refractivity contribution >= 4 is 22.4 Å². The second-order valence-electron chi connectivity index (χ2n) is 7.32. The van der Waals surface area contributed by atoms with Crippen LogP contribution in [0.4, 0.5) is 11.6 Å². The summed E-state index contributed by atoms with van der Waals surface area (Å²) >= 11 is 0. The molecule has 7 heteroatoms. The number of hydrogen-bond acceptors (Lipinski definition) is 7. The first-order chi connectivity index (χ1) is 14.1. The molecule has 1 aliphatic heterocycles. The van der Waals surface area contributed by atoms with Crippen molar-refractivity contribution in [2.75, 3.05) is 36.5 Å². The highest BCUT2D eigenvalue weighted by atomic mass is 16.5. The smallest absolute Gasteiger partial charge is 0.157 e. The topological polar surface area (TPSA) is 87.0 Å². The largest absolute Gasteiger partial charge is 0.378 e. The van der Waals surface area contributed by atoms with Gasteiger partial charge in [0, 0.05) is 30.1 Å². The van der Waals surface area contributed by atoms with Crippen molar-refractivity contribution in [1.29, 1.82) is 5.26 Å². The number of ether oxygens (including phenoxy) is 1. The molecule has 0 radical (unpaired) electrons. The molecule has 4 rings (SSSR count). The molecule has 29 heavy (non-hydrogen) atoms. The van der Waals surface area contributed by atoms with Crippen molar-refractivity contribution in [3.63, 3.8) is 0 Å². The highest BCUT2D eigenvalue weighted by Gasteiger charge is 2.17. The summed E-state index contributed by atoms with van der Waals surface area (Å²) in [5.41, 5.74) is 3.59. The van der Waals surface area contributed by atoms with Crippen LogP contribution in [0.1, 0.15) is 35.3 Å². The molecule has 1 aromatic carbocycles. The Morgan fingerprint density at radius 2 is 1.97 bits per heavy atom. The highest BCUT2D eigenvalue weighted by molar-refractivity contribution is 5.94. The number of aryl methyl sites for hydroxylation is 1. The van der Waals surface area contributed by atoms with E-state index in [9.17, 15) is 5.26 Å². The van der Waals surface area contributed by atoms with Gasteiger partial charge in [0.2, 0.25) is 0 Å². The van der Waals surface area contributed by atoms with Gasteiger partial charge in [-0.2, -0.15) is 10.4 Å². The molecule has 1 fully saturated rings. The van der Waals surface area contributed by atoms with Crippen LogP contribution < -0.4 is 10.2 Å². The van der Waals surface area contributed by atoms with Crippen LogP contribution in [0.5, 0.6) is 0 Å². The molecule has 1 aliphatic rings. The van der Waals surface area contributed by atoms with E-state index in [0.717, 1.165) is 52.3 Å². The first-order valence-corrected chi connectivity index (χ1v) is 9.80. The van der Waals surface area contributed by atoms with E-state index in [-0.39, 0.29) is 6.04 Å². The number of aromatic nitrogens is 3. The van der Waals surface area contributed by atoms with Gasteiger partial charge in [0.1, 0.15) is 5.82 Å². The van der Waals surface area contributed by atoms with Crippen LogP contribution in [0.15, 0.2) is 30.5 Å². The van der Waals surface area contributed by atoms with E-state index in [2.05, 4.69) is 44.5 Å². The quantitative estimate of drug-likeness (QED) is 0.731. The third kappa shape index (κ3) is 3.71. The van der Waals surface area contributed by atoms with Crippen molar-refractivity contribution < 1.29 is 4.74 Å². The Balaban J connectivity index is 1.71. The minimum atomic E-state index is -0.0245. The maximum absolute atomic E-state index is 9.33. The van der Waals surface area contributed by atoms with Gasteiger partial charge in [0.15, 0.2) is 5.82 Å². The van der Waals surface area contributed by atoms with Gasteiger partial charge >= 0.3 is 0 Å². The molecule has 3 heterocycles. The standard InChI is InChI=1S/C22H24N6O/c1-14-17(12-23)5-4-6-18(14)15(2)25-22-19-11-21(28-7-9-29-10-8-28)24-13-20(19)16(3)26-27-22/h4-6,11,13,15H,7-10H2,1-3H3,(H,25,27)/t15-/m1/s1. The second-order valence-corrected chi connectivity index (χ2v) is 7.32. The molecule has 0 unspecified atom stereocenters. The molecule has 0 saturated carbocycles. The van der Waals surface area contributed by atoms with Gasteiger partial charge in [-0.3, -0.25) is 0 Å². The average Bonchev–Trinajstić information content (AvgIpc) is 2.76. The summed E-state index contributed by atoms with van der Waals surface area (Å²) in [5.74, 6) is 1.64. The fourth-order valence-corrected chi connectivity index (χ4v) is 3.76. The Morgan fingerprint density at radius 1 is 1.17 bits per heavy atom. The van der Waals surface area contributed by atoms with E-state index in [4.69, 9.17) is 4.74 Å². The molecular formula is C22H24N6O. The van der Waals surface area contributed by atoms with Gasteiger partial charge in [-0.05, 0) is 44.0 Å². The number of pyridine rings is 1. The van der Waals surface area contributed by atoms with E-state index in [0.29, 0.717) is 18.8 Å². The number of benzene rings is 1. The van der Waals surface area contributed by atoms with Crippen LogP contribution in [0.3, 0.4) is 0 Å². The molecule has 148 valence electrons. The second kappa shape index (κ2) is 8.02. The fourth-order valence-electron chi connectivity index (χ4n) is 3.76. The Kier molecular flexibility index (Phi) is 5.28. The number of nitrogens with zero attached hydrogens (tertiary/aromatic N) is 5. The maximum Gasteiger partial charge on any atom is 0.157 e. The van der Waals surface area contributed by atoms with Crippen LogP contribution >= 0.6 is 0 Å². The number of nitrogens with one attached hydrogen (secondary N) is 1. The zero-order valence-corrected chi connectivity index (χ0v) is 16.9. The molecule has 0 aliphatic carbocycles. The molecule has 2 aromatic heterocycles. The lowest BCUT2D eigenvalue weighted by Crippen LogP contribution is -2.36. The summed E-state index contributed by atoms with van der Waals surface area (Å²) in [7, 11) is 0. The summed E-state index contributed by atoms with van der Waals surface area (Å²) in [5, 5.41) is 23.5. The van der Waals surface area contributed by atoms with Crippen LogP contribution in [-0.4, -0.2) is 41.5 Å². The molecule has 1 N–H and O–H groups in total. The van der Waals surface area contributed by atoms with Crippen LogP contribution in [0.25, 0.3) is 10.8 Å². The molecule has 0 bridgehead atoms. The first-order valence-electron chi connectivity index (χ1n) is 9.80. The monoisotopic (exact) mass is 388 g/mol. The van der Waals surface area contributed by atoms with Crippen LogP contribution in [0.2, 0.25) is 0 Å². The minimum Gasteiger partial charge on any atom is -0.378 e. The van der Waals surface area contributed by atoms with E-state index >= 15 is 0 Å². The third-order valence-corrected chi connectivity index (χ3v) is 5.49. The molecule has 0 spiro atoms. The Labute approximate surface area is 170 Å². The SMILES string of the molecule is Cc1c(C#N)cccc1[C@@H](C)Nc1nnc(C)c2cnc(N3CCOCC3)cc12. The van der Waals surface area contributed by atoms with Gasteiger partial charge in [0.25, 0.3) is 0 Å². The van der Waals surface area contributed by atoms with Gasteiger partial charge in [-0.1, -0.05) is 12.1 Å². The van der Waals surface area contributed by atoms with Crippen molar-refractivity contribution in [3.8, 4) is 6.07 Å². The molecule has 1 atom stereocenters. The van der Waals surface area contributed by atoms with E-state index in [1.54, 1.807) is 0 Å². The first kappa shape index (κ1) is 19.1. The Bertz CT molecular complexity index is 1080. The lowest BCUT2D eigenvalue weighted by Gasteiger charge is -2.28. The molecule has 7 nitrogen and oxygen atoms in total. The predicted molar refractivity (Wildman–Crippen MR) is 113 cm³/mol. The van der Waals surface area contributed by atoms with E-state index in [1.807, 2.05) is 38.2 Å². The summed E-state index contributed by atoms with van der Waals surface area (Å²) in [6.45, 7) is 9.07. The minimum absolute atomic E-state index is 0.0245. The predicted octanol–water partition coefficient (Wildman–Crippen LogP) is 3.52. The fraction of sp³-hybridized carbons (Fsp3) is 0.364. The van der Waals surface area contributed by atoms with Gasteiger partial charge in [-0.15, -0.1) is 5.10 Å². The average molecular weight is 388 g/mol. The summed E-state index contributed by atoms with van der Waals surface area (Å²) in [6, 6.07) is 10.1. The van der Waals surface area contributed by atoms with Crippen LogP contribution in [-0.2, 0) is 4.74 Å². The van der Waals surface area contributed by atoms with Crippen LogP contribution in [0, 0.1) is 25.2 Å².